The number of carbonyl (C=O) groups is 2. The molecule has 0 aromatic carbocycles. The average Bonchev–Trinajstić information content (AvgIpc) is 2.69. The van der Waals surface area contributed by atoms with Gasteiger partial charge in [-0.1, -0.05) is 13.3 Å². The van der Waals surface area contributed by atoms with Gasteiger partial charge in [0, 0.05) is 39.5 Å². The Bertz CT molecular complexity index is 320. The molecule has 0 aromatic rings. The first-order chi connectivity index (χ1) is 9.58. The highest BCUT2D eigenvalue weighted by Crippen LogP contribution is 2.16. The smallest absolute Gasteiger partial charge is 0.222 e. The van der Waals surface area contributed by atoms with Gasteiger partial charge in [-0.2, -0.15) is 0 Å². The normalized spacial score (nSPS) is 17.8. The Morgan fingerprint density at radius 2 is 1.75 bits per heavy atom. The SMILES string of the molecule is CCC(CCN)CCC(=O)N1CCCN(C(C)=O)CC1. The van der Waals surface area contributed by atoms with Crippen LogP contribution in [0.15, 0.2) is 0 Å². The van der Waals surface area contributed by atoms with Gasteiger partial charge in [0.15, 0.2) is 0 Å². The molecule has 1 fully saturated rings. The van der Waals surface area contributed by atoms with Crippen molar-refractivity contribution < 1.29 is 9.59 Å². The topological polar surface area (TPSA) is 66.6 Å². The van der Waals surface area contributed by atoms with Crippen LogP contribution in [0.25, 0.3) is 0 Å². The summed E-state index contributed by atoms with van der Waals surface area (Å²) in [6.07, 6.45) is 4.51. The molecular formula is C15H29N3O2. The predicted octanol–water partition coefficient (Wildman–Crippen LogP) is 1.22. The number of rotatable bonds is 6. The van der Waals surface area contributed by atoms with Crippen LogP contribution < -0.4 is 5.73 Å². The van der Waals surface area contributed by atoms with E-state index in [0.29, 0.717) is 32.0 Å². The van der Waals surface area contributed by atoms with Gasteiger partial charge in [-0.15, -0.1) is 0 Å². The molecule has 1 saturated heterocycles. The molecule has 1 unspecified atom stereocenters. The molecule has 2 N–H and O–H groups in total. The van der Waals surface area contributed by atoms with Crippen molar-refractivity contribution >= 4 is 11.8 Å². The van der Waals surface area contributed by atoms with Crippen LogP contribution in [0.5, 0.6) is 0 Å². The maximum Gasteiger partial charge on any atom is 0.222 e. The van der Waals surface area contributed by atoms with Gasteiger partial charge >= 0.3 is 0 Å². The van der Waals surface area contributed by atoms with E-state index in [1.807, 2.05) is 9.80 Å². The Kier molecular flexibility index (Phi) is 7.59. The quantitative estimate of drug-likeness (QED) is 0.797. The molecule has 1 aliphatic rings. The van der Waals surface area contributed by atoms with Crippen molar-refractivity contribution in [2.75, 3.05) is 32.7 Å². The van der Waals surface area contributed by atoms with Crippen molar-refractivity contribution in [3.8, 4) is 0 Å². The second-order valence-electron chi connectivity index (χ2n) is 5.63. The fourth-order valence-corrected chi connectivity index (χ4v) is 2.76. The molecule has 2 amide bonds. The number of nitrogens with zero attached hydrogens (tertiary/aromatic N) is 2. The van der Waals surface area contributed by atoms with Crippen LogP contribution in [0.3, 0.4) is 0 Å². The van der Waals surface area contributed by atoms with Crippen molar-refractivity contribution in [1.82, 2.24) is 9.80 Å². The number of amides is 2. The third-order valence-electron chi connectivity index (χ3n) is 4.21. The lowest BCUT2D eigenvalue weighted by molar-refractivity contribution is -0.132. The van der Waals surface area contributed by atoms with Crippen molar-refractivity contribution in [1.29, 1.82) is 0 Å². The Labute approximate surface area is 122 Å². The van der Waals surface area contributed by atoms with Crippen molar-refractivity contribution in [2.45, 2.75) is 46.0 Å². The average molecular weight is 283 g/mol. The van der Waals surface area contributed by atoms with Crippen molar-refractivity contribution in [2.24, 2.45) is 11.7 Å². The van der Waals surface area contributed by atoms with E-state index < -0.39 is 0 Å². The van der Waals surface area contributed by atoms with Crippen LogP contribution in [-0.4, -0.2) is 54.3 Å². The molecule has 0 radical (unpaired) electrons. The summed E-state index contributed by atoms with van der Waals surface area (Å²) in [6.45, 7) is 7.33. The minimum Gasteiger partial charge on any atom is -0.341 e. The van der Waals surface area contributed by atoms with E-state index in [-0.39, 0.29) is 11.8 Å². The molecule has 1 heterocycles. The zero-order valence-corrected chi connectivity index (χ0v) is 12.9. The molecule has 0 saturated carbocycles. The standard InChI is InChI=1S/C15H29N3O2/c1-3-14(7-8-16)5-6-15(20)18-10-4-9-17(11-12-18)13(2)19/h14H,3-12,16H2,1-2H3. The minimum atomic E-state index is 0.105. The van der Waals surface area contributed by atoms with Gasteiger partial charge in [0.2, 0.25) is 11.8 Å². The molecule has 1 rings (SSSR count). The summed E-state index contributed by atoms with van der Waals surface area (Å²) in [7, 11) is 0. The maximum atomic E-state index is 12.2. The number of nitrogens with two attached hydrogens (primary N) is 1. The number of hydrogen-bond acceptors (Lipinski definition) is 3. The van der Waals surface area contributed by atoms with E-state index in [2.05, 4.69) is 6.92 Å². The largest absolute Gasteiger partial charge is 0.341 e. The third kappa shape index (κ3) is 5.49. The Morgan fingerprint density at radius 3 is 2.35 bits per heavy atom. The highest BCUT2D eigenvalue weighted by atomic mass is 16.2. The highest BCUT2D eigenvalue weighted by molar-refractivity contribution is 5.76. The fourth-order valence-electron chi connectivity index (χ4n) is 2.76. The van der Waals surface area contributed by atoms with E-state index in [4.69, 9.17) is 5.73 Å². The van der Waals surface area contributed by atoms with E-state index >= 15 is 0 Å². The Balaban J connectivity index is 2.37. The van der Waals surface area contributed by atoms with Gasteiger partial charge in [0.1, 0.15) is 0 Å². The van der Waals surface area contributed by atoms with Crippen molar-refractivity contribution in [3.05, 3.63) is 0 Å². The summed E-state index contributed by atoms with van der Waals surface area (Å²) >= 11 is 0. The zero-order chi connectivity index (χ0) is 15.0. The Morgan fingerprint density at radius 1 is 1.10 bits per heavy atom. The molecule has 5 heteroatoms. The summed E-state index contributed by atoms with van der Waals surface area (Å²) in [5, 5.41) is 0. The van der Waals surface area contributed by atoms with Gasteiger partial charge in [0.25, 0.3) is 0 Å². The first kappa shape index (κ1) is 17.0. The second-order valence-corrected chi connectivity index (χ2v) is 5.63. The van der Waals surface area contributed by atoms with E-state index in [9.17, 15) is 9.59 Å². The van der Waals surface area contributed by atoms with Crippen LogP contribution in [0.4, 0.5) is 0 Å². The Hall–Kier alpha value is -1.10. The molecule has 0 aromatic heterocycles. The van der Waals surface area contributed by atoms with Crippen LogP contribution >= 0.6 is 0 Å². The zero-order valence-electron chi connectivity index (χ0n) is 12.9. The van der Waals surface area contributed by atoms with Gasteiger partial charge in [-0.05, 0) is 31.7 Å². The molecule has 0 spiro atoms. The summed E-state index contributed by atoms with van der Waals surface area (Å²) in [6, 6.07) is 0. The lowest BCUT2D eigenvalue weighted by Crippen LogP contribution is -2.36. The predicted molar refractivity (Wildman–Crippen MR) is 80.1 cm³/mol. The highest BCUT2D eigenvalue weighted by Gasteiger charge is 2.20. The summed E-state index contributed by atoms with van der Waals surface area (Å²) in [5.74, 6) is 0.892. The van der Waals surface area contributed by atoms with E-state index in [1.54, 1.807) is 6.92 Å². The van der Waals surface area contributed by atoms with Gasteiger partial charge in [-0.25, -0.2) is 0 Å². The molecule has 116 valence electrons. The molecule has 20 heavy (non-hydrogen) atoms. The lowest BCUT2D eigenvalue weighted by atomic mass is 9.96. The maximum absolute atomic E-state index is 12.2. The lowest BCUT2D eigenvalue weighted by Gasteiger charge is -2.22. The van der Waals surface area contributed by atoms with Gasteiger partial charge in [0.05, 0.1) is 0 Å². The first-order valence-electron chi connectivity index (χ1n) is 7.81. The molecule has 0 bridgehead atoms. The van der Waals surface area contributed by atoms with Crippen LogP contribution in [0, 0.1) is 5.92 Å². The molecule has 0 aliphatic carbocycles. The number of hydrogen-bond donors (Lipinski definition) is 1. The van der Waals surface area contributed by atoms with Gasteiger partial charge < -0.3 is 15.5 Å². The van der Waals surface area contributed by atoms with Gasteiger partial charge in [-0.3, -0.25) is 9.59 Å². The number of carbonyl (C=O) groups excluding carboxylic acids is 2. The summed E-state index contributed by atoms with van der Waals surface area (Å²) < 4.78 is 0. The summed E-state index contributed by atoms with van der Waals surface area (Å²) in [5.41, 5.74) is 5.59. The van der Waals surface area contributed by atoms with Crippen molar-refractivity contribution in [3.63, 3.8) is 0 Å². The fraction of sp³-hybridized carbons (Fsp3) is 0.867. The third-order valence-corrected chi connectivity index (χ3v) is 4.21. The van der Waals surface area contributed by atoms with Crippen LogP contribution in [0.1, 0.15) is 46.0 Å². The van der Waals surface area contributed by atoms with Crippen LogP contribution in [-0.2, 0) is 9.59 Å². The van der Waals surface area contributed by atoms with Crippen LogP contribution in [0.2, 0.25) is 0 Å². The molecule has 1 aliphatic heterocycles. The molecule has 1 atom stereocenters. The minimum absolute atomic E-state index is 0.105. The molecule has 5 nitrogen and oxygen atoms in total. The first-order valence-corrected chi connectivity index (χ1v) is 7.81. The van der Waals surface area contributed by atoms with E-state index in [0.717, 1.165) is 38.8 Å². The summed E-state index contributed by atoms with van der Waals surface area (Å²) in [4.78, 5) is 27.4. The van der Waals surface area contributed by atoms with E-state index in [1.165, 1.54) is 0 Å². The second kappa shape index (κ2) is 8.95. The molecular weight excluding hydrogens is 254 g/mol. The monoisotopic (exact) mass is 283 g/mol.